The van der Waals surface area contributed by atoms with E-state index < -0.39 is 40.5 Å². The Kier molecular flexibility index (Phi) is 6.01. The summed E-state index contributed by atoms with van der Waals surface area (Å²) in [6, 6.07) is 3.36. The van der Waals surface area contributed by atoms with Crippen molar-refractivity contribution in [1.82, 2.24) is 14.3 Å². The number of carbonyl (C=O) groups is 1. The van der Waals surface area contributed by atoms with Gasteiger partial charge in [0.05, 0.1) is 29.6 Å². The third-order valence-electron chi connectivity index (χ3n) is 4.61. The smallest absolute Gasteiger partial charge is 0.437 e. The largest absolute Gasteiger partial charge is 0.465 e. The van der Waals surface area contributed by atoms with Crippen LogP contribution in [0.1, 0.15) is 20.9 Å². The maximum Gasteiger partial charge on any atom is 0.437 e. The van der Waals surface area contributed by atoms with Crippen LogP contribution in [0.15, 0.2) is 24.5 Å². The van der Waals surface area contributed by atoms with Crippen LogP contribution >= 0.6 is 22.9 Å². The summed E-state index contributed by atoms with van der Waals surface area (Å²) in [6.07, 6.45) is -10.3. The average molecular weight is 515 g/mol. The van der Waals surface area contributed by atoms with Crippen LogP contribution in [0.2, 0.25) is 5.02 Å². The van der Waals surface area contributed by atoms with Gasteiger partial charge in [-0.1, -0.05) is 11.6 Å². The molecule has 0 spiro atoms. The molecule has 176 valence electrons. The van der Waals surface area contributed by atoms with E-state index in [9.17, 15) is 40.8 Å². The highest BCUT2D eigenvalue weighted by molar-refractivity contribution is 7.16. The second-order valence-corrected chi connectivity index (χ2v) is 8.00. The molecule has 33 heavy (non-hydrogen) atoms. The molecule has 0 amide bonds. The molecule has 3 heterocycles. The quantitative estimate of drug-likeness (QED) is 0.338. The molecule has 0 saturated carbocycles. The number of thiophene rings is 1. The standard InChI is InChI=1S/C18H10ClF7N4O2S/c1-29-13(16(20,17(21,22)23)18(24,25)26)4-10(19)14(29)30-7-8(6-28-30)11-3-9(15(31)32-2)12(5-27)33-11/h3-4,6-7H,1-2H3. The van der Waals surface area contributed by atoms with E-state index in [4.69, 9.17) is 11.6 Å². The zero-order valence-electron chi connectivity index (χ0n) is 16.3. The molecule has 0 aromatic carbocycles. The highest BCUT2D eigenvalue weighted by atomic mass is 35.5. The summed E-state index contributed by atoms with van der Waals surface area (Å²) >= 11 is 6.75. The highest BCUT2D eigenvalue weighted by Crippen LogP contribution is 2.54. The fourth-order valence-electron chi connectivity index (χ4n) is 3.04. The average Bonchev–Trinajstić information content (AvgIpc) is 3.42. The van der Waals surface area contributed by atoms with Crippen molar-refractivity contribution in [3.63, 3.8) is 0 Å². The third-order valence-corrected chi connectivity index (χ3v) is 5.98. The van der Waals surface area contributed by atoms with Gasteiger partial charge in [-0.05, 0) is 12.1 Å². The van der Waals surface area contributed by atoms with E-state index in [1.807, 2.05) is 6.07 Å². The molecule has 0 atom stereocenters. The zero-order chi connectivity index (χ0) is 24.9. The first-order valence-corrected chi connectivity index (χ1v) is 9.72. The van der Waals surface area contributed by atoms with Crippen molar-refractivity contribution >= 4 is 28.9 Å². The molecule has 0 bridgehead atoms. The number of halogens is 8. The predicted octanol–water partition coefficient (Wildman–Crippen LogP) is 5.54. The maximum absolute atomic E-state index is 14.5. The number of hydrogen-bond donors (Lipinski definition) is 0. The molecule has 0 aliphatic rings. The number of aromatic nitrogens is 3. The van der Waals surface area contributed by atoms with Gasteiger partial charge in [0.1, 0.15) is 10.9 Å². The fraction of sp³-hybridized carbons (Fsp3) is 0.278. The first kappa shape index (κ1) is 24.6. The van der Waals surface area contributed by atoms with Crippen LogP contribution in [0.3, 0.4) is 0 Å². The van der Waals surface area contributed by atoms with Crippen LogP contribution in [-0.2, 0) is 17.5 Å². The lowest BCUT2D eigenvalue weighted by Crippen LogP contribution is -2.51. The number of carbonyl (C=O) groups excluding carboxylic acids is 1. The lowest BCUT2D eigenvalue weighted by Gasteiger charge is -2.30. The van der Waals surface area contributed by atoms with Crippen molar-refractivity contribution in [3.05, 3.63) is 45.7 Å². The molecule has 0 N–H and O–H groups in total. The summed E-state index contributed by atoms with van der Waals surface area (Å²) < 4.78 is 99.3. The summed E-state index contributed by atoms with van der Waals surface area (Å²) in [4.78, 5) is 12.1. The van der Waals surface area contributed by atoms with Gasteiger partial charge in [-0.3, -0.25) is 0 Å². The molecular weight excluding hydrogens is 505 g/mol. The lowest BCUT2D eigenvalue weighted by atomic mass is 10.0. The minimum Gasteiger partial charge on any atom is -0.465 e. The molecular formula is C18H10ClF7N4O2S. The molecule has 6 nitrogen and oxygen atoms in total. The number of hydrogen-bond acceptors (Lipinski definition) is 5. The van der Waals surface area contributed by atoms with E-state index in [0.717, 1.165) is 30.2 Å². The van der Waals surface area contributed by atoms with Gasteiger partial charge in [-0.25, -0.2) is 13.9 Å². The van der Waals surface area contributed by atoms with E-state index in [1.165, 1.54) is 18.5 Å². The minimum absolute atomic E-state index is 0.0151. The van der Waals surface area contributed by atoms with Crippen molar-refractivity contribution in [2.45, 2.75) is 18.0 Å². The summed E-state index contributed by atoms with van der Waals surface area (Å²) in [5.74, 6) is -1.26. The topological polar surface area (TPSA) is 72.8 Å². The van der Waals surface area contributed by atoms with Gasteiger partial charge in [0.25, 0.3) is 0 Å². The summed E-state index contributed by atoms with van der Waals surface area (Å²) in [7, 11) is 1.89. The first-order chi connectivity index (χ1) is 15.2. The molecule has 3 rings (SSSR count). The molecule has 0 unspecified atom stereocenters. The number of nitriles is 1. The summed E-state index contributed by atoms with van der Waals surface area (Å²) in [5, 5.41) is 12.4. The van der Waals surface area contributed by atoms with Crippen molar-refractivity contribution in [2.75, 3.05) is 7.11 Å². The molecule has 15 heteroatoms. The van der Waals surface area contributed by atoms with E-state index >= 15 is 0 Å². The van der Waals surface area contributed by atoms with Gasteiger partial charge in [0, 0.05) is 23.7 Å². The molecule has 0 aliphatic carbocycles. The number of ether oxygens (including phenoxy) is 1. The van der Waals surface area contributed by atoms with Gasteiger partial charge >= 0.3 is 24.0 Å². The Morgan fingerprint density at radius 2 is 1.79 bits per heavy atom. The van der Waals surface area contributed by atoms with Crippen molar-refractivity contribution in [3.8, 4) is 22.3 Å². The monoisotopic (exact) mass is 514 g/mol. The summed E-state index contributed by atoms with van der Waals surface area (Å²) in [5.41, 5.74) is -7.25. The predicted molar refractivity (Wildman–Crippen MR) is 102 cm³/mol. The lowest BCUT2D eigenvalue weighted by molar-refractivity contribution is -0.350. The molecule has 3 aromatic rings. The molecule has 3 aromatic heterocycles. The number of methoxy groups -OCH3 is 1. The van der Waals surface area contributed by atoms with Gasteiger partial charge < -0.3 is 9.30 Å². The number of alkyl halides is 7. The summed E-state index contributed by atoms with van der Waals surface area (Å²) in [6.45, 7) is 0. The Morgan fingerprint density at radius 1 is 1.18 bits per heavy atom. The third kappa shape index (κ3) is 3.84. The van der Waals surface area contributed by atoms with E-state index in [1.54, 1.807) is 0 Å². The van der Waals surface area contributed by atoms with Crippen LogP contribution in [-0.4, -0.2) is 39.8 Å². The Morgan fingerprint density at radius 3 is 2.30 bits per heavy atom. The van der Waals surface area contributed by atoms with Crippen LogP contribution in [0.25, 0.3) is 16.3 Å². The molecule has 0 radical (unpaired) electrons. The molecule has 0 fully saturated rings. The van der Waals surface area contributed by atoms with Gasteiger partial charge in [-0.15, -0.1) is 11.3 Å². The second-order valence-electron chi connectivity index (χ2n) is 6.54. The van der Waals surface area contributed by atoms with E-state index in [-0.39, 0.29) is 22.1 Å². The second kappa shape index (κ2) is 8.07. The first-order valence-electron chi connectivity index (χ1n) is 8.53. The molecule has 0 aliphatic heterocycles. The maximum atomic E-state index is 14.5. The molecule has 0 saturated heterocycles. The van der Waals surface area contributed by atoms with Crippen LogP contribution in [0.5, 0.6) is 0 Å². The fourth-order valence-corrected chi connectivity index (χ4v) is 4.28. The van der Waals surface area contributed by atoms with Crippen LogP contribution in [0, 0.1) is 11.3 Å². The van der Waals surface area contributed by atoms with Crippen molar-refractivity contribution < 1.29 is 40.3 Å². The van der Waals surface area contributed by atoms with Crippen molar-refractivity contribution in [2.24, 2.45) is 7.05 Å². The van der Waals surface area contributed by atoms with E-state index in [2.05, 4.69) is 9.84 Å². The Labute approximate surface area is 189 Å². The number of rotatable bonds is 4. The van der Waals surface area contributed by atoms with E-state index in [0.29, 0.717) is 9.44 Å². The van der Waals surface area contributed by atoms with Crippen LogP contribution in [0.4, 0.5) is 30.7 Å². The Hall–Kier alpha value is -3.05. The Bertz CT molecular complexity index is 1250. The van der Waals surface area contributed by atoms with Crippen LogP contribution < -0.4 is 0 Å². The van der Waals surface area contributed by atoms with Gasteiger partial charge in [0.2, 0.25) is 0 Å². The van der Waals surface area contributed by atoms with Gasteiger partial charge in [-0.2, -0.15) is 36.7 Å². The highest BCUT2D eigenvalue weighted by Gasteiger charge is 2.75. The SMILES string of the molecule is COC(=O)c1cc(-c2cnn(-c3c(Cl)cc(C(F)(C(F)(F)F)C(F)(F)F)n3C)c2)sc1C#N. The minimum atomic E-state index is -6.32. The van der Waals surface area contributed by atoms with Crippen molar-refractivity contribution in [1.29, 1.82) is 5.26 Å². The normalized spacial score (nSPS) is 12.6. The van der Waals surface area contributed by atoms with Gasteiger partial charge in [0.15, 0.2) is 5.82 Å². The number of nitrogens with zero attached hydrogens (tertiary/aromatic N) is 4. The number of esters is 1. The zero-order valence-corrected chi connectivity index (χ0v) is 17.9. The Balaban J connectivity index is 2.12.